The van der Waals surface area contributed by atoms with Gasteiger partial charge >= 0.3 is 0 Å². The van der Waals surface area contributed by atoms with Gasteiger partial charge in [0, 0.05) is 37.2 Å². The van der Waals surface area contributed by atoms with Crippen LogP contribution in [-0.4, -0.2) is 0 Å². The molecule has 1 aromatic heterocycles. The molecular formula is C50H33NS. The Balaban J connectivity index is 1.08. The van der Waals surface area contributed by atoms with Gasteiger partial charge in [-0.3, -0.25) is 0 Å². The summed E-state index contributed by atoms with van der Waals surface area (Å²) in [6.45, 7) is 0. The third kappa shape index (κ3) is 5.33. The monoisotopic (exact) mass is 679 g/mol. The highest BCUT2D eigenvalue weighted by molar-refractivity contribution is 7.25. The second-order valence-corrected chi connectivity index (χ2v) is 14.4. The molecule has 0 spiro atoms. The second kappa shape index (κ2) is 12.7. The summed E-state index contributed by atoms with van der Waals surface area (Å²) in [6, 6.07) is 72.9. The molecule has 2 heteroatoms. The van der Waals surface area contributed by atoms with E-state index in [9.17, 15) is 0 Å². The average Bonchev–Trinajstić information content (AvgIpc) is 3.60. The molecule has 0 saturated carbocycles. The lowest BCUT2D eigenvalue weighted by atomic mass is 9.93. The first-order chi connectivity index (χ1) is 25.8. The van der Waals surface area contributed by atoms with Crippen LogP contribution in [0.5, 0.6) is 0 Å². The second-order valence-electron chi connectivity index (χ2n) is 13.3. The molecule has 0 unspecified atom stereocenters. The van der Waals surface area contributed by atoms with Crippen molar-refractivity contribution in [2.24, 2.45) is 0 Å². The standard InChI is InChI=1S/C50H33NS/c1-2-11-34(12-3-1)37-14-10-15-38(31-37)35-21-25-40(26-22-35)51(42-29-30-47-46-19-8-9-20-49(46)52-50(47)33-42)41-27-23-36(24-28-41)48-32-39-13-4-5-16-43(39)44-17-6-7-18-45(44)48/h1-33H. The Labute approximate surface area is 307 Å². The van der Waals surface area contributed by atoms with Gasteiger partial charge in [-0.05, 0) is 110 Å². The Bertz CT molecular complexity index is 2890. The van der Waals surface area contributed by atoms with Crippen LogP contribution >= 0.6 is 11.3 Å². The van der Waals surface area contributed by atoms with E-state index in [1.165, 1.54) is 75.1 Å². The van der Waals surface area contributed by atoms with Crippen LogP contribution < -0.4 is 4.90 Å². The number of anilines is 3. The molecule has 0 N–H and O–H groups in total. The van der Waals surface area contributed by atoms with E-state index in [1.54, 1.807) is 0 Å². The predicted octanol–water partition coefficient (Wildman–Crippen LogP) is 14.8. The van der Waals surface area contributed by atoms with Crippen molar-refractivity contribution < 1.29 is 0 Å². The molecule has 0 amide bonds. The van der Waals surface area contributed by atoms with Crippen molar-refractivity contribution in [3.05, 3.63) is 200 Å². The number of hydrogen-bond acceptors (Lipinski definition) is 2. The summed E-state index contributed by atoms with van der Waals surface area (Å²) in [6.07, 6.45) is 0. The molecule has 10 rings (SSSR count). The molecule has 0 radical (unpaired) electrons. The first-order valence-electron chi connectivity index (χ1n) is 17.8. The van der Waals surface area contributed by atoms with E-state index >= 15 is 0 Å². The summed E-state index contributed by atoms with van der Waals surface area (Å²) in [5, 5.41) is 7.72. The van der Waals surface area contributed by atoms with Crippen molar-refractivity contribution in [3.63, 3.8) is 0 Å². The molecular weight excluding hydrogens is 647 g/mol. The molecule has 244 valence electrons. The SMILES string of the molecule is c1ccc(-c2cccc(-c3ccc(N(c4ccc(-c5cc6ccccc6c6ccccc56)cc4)c4ccc5c(c4)sc4ccccc45)cc3)c2)cc1. The third-order valence-corrected chi connectivity index (χ3v) is 11.4. The molecule has 0 atom stereocenters. The zero-order valence-corrected chi connectivity index (χ0v) is 29.2. The van der Waals surface area contributed by atoms with E-state index < -0.39 is 0 Å². The first kappa shape index (κ1) is 30.4. The molecule has 0 saturated heterocycles. The summed E-state index contributed by atoms with van der Waals surface area (Å²) in [5.74, 6) is 0. The zero-order valence-electron chi connectivity index (χ0n) is 28.4. The number of nitrogens with zero attached hydrogens (tertiary/aromatic N) is 1. The van der Waals surface area contributed by atoms with Crippen LogP contribution in [0.2, 0.25) is 0 Å². The highest BCUT2D eigenvalue weighted by Crippen LogP contribution is 2.42. The van der Waals surface area contributed by atoms with Gasteiger partial charge in [0.25, 0.3) is 0 Å². The lowest BCUT2D eigenvalue weighted by molar-refractivity contribution is 1.29. The van der Waals surface area contributed by atoms with Gasteiger partial charge in [0.2, 0.25) is 0 Å². The lowest BCUT2D eigenvalue weighted by Gasteiger charge is -2.26. The van der Waals surface area contributed by atoms with Gasteiger partial charge in [-0.2, -0.15) is 0 Å². The smallest absolute Gasteiger partial charge is 0.0476 e. The van der Waals surface area contributed by atoms with E-state index in [-0.39, 0.29) is 0 Å². The third-order valence-electron chi connectivity index (χ3n) is 10.3. The Morgan fingerprint density at radius 3 is 1.58 bits per heavy atom. The van der Waals surface area contributed by atoms with Gasteiger partial charge in [0.05, 0.1) is 0 Å². The van der Waals surface area contributed by atoms with Crippen molar-refractivity contribution in [2.45, 2.75) is 0 Å². The summed E-state index contributed by atoms with van der Waals surface area (Å²) in [4.78, 5) is 2.39. The van der Waals surface area contributed by atoms with Gasteiger partial charge in [-0.1, -0.05) is 146 Å². The van der Waals surface area contributed by atoms with Gasteiger partial charge in [-0.25, -0.2) is 0 Å². The fraction of sp³-hybridized carbons (Fsp3) is 0. The quantitative estimate of drug-likeness (QED) is 0.158. The van der Waals surface area contributed by atoms with E-state index in [0.717, 1.165) is 17.1 Å². The minimum Gasteiger partial charge on any atom is -0.310 e. The molecule has 0 aliphatic heterocycles. The van der Waals surface area contributed by atoms with E-state index in [4.69, 9.17) is 0 Å². The van der Waals surface area contributed by atoms with Gasteiger partial charge in [-0.15, -0.1) is 11.3 Å². The van der Waals surface area contributed by atoms with E-state index in [1.807, 2.05) is 11.3 Å². The molecule has 0 bridgehead atoms. The van der Waals surface area contributed by atoms with Crippen molar-refractivity contribution >= 4 is 70.1 Å². The fourth-order valence-corrected chi connectivity index (χ4v) is 8.84. The first-order valence-corrected chi connectivity index (χ1v) is 18.6. The lowest BCUT2D eigenvalue weighted by Crippen LogP contribution is -2.09. The Kier molecular flexibility index (Phi) is 7.41. The number of benzene rings is 9. The number of fused-ring (bicyclic) bond motifs is 6. The highest BCUT2D eigenvalue weighted by atomic mass is 32.1. The van der Waals surface area contributed by atoms with Crippen molar-refractivity contribution in [1.29, 1.82) is 0 Å². The summed E-state index contributed by atoms with van der Waals surface area (Å²) in [7, 11) is 0. The molecule has 0 fully saturated rings. The van der Waals surface area contributed by atoms with Crippen molar-refractivity contribution in [2.75, 3.05) is 4.90 Å². The van der Waals surface area contributed by atoms with Crippen LogP contribution in [0.4, 0.5) is 17.1 Å². The van der Waals surface area contributed by atoms with Crippen molar-refractivity contribution in [3.8, 4) is 33.4 Å². The topological polar surface area (TPSA) is 3.24 Å². The summed E-state index contributed by atoms with van der Waals surface area (Å²) in [5.41, 5.74) is 10.7. The van der Waals surface area contributed by atoms with Crippen LogP contribution in [0.25, 0.3) is 75.1 Å². The van der Waals surface area contributed by atoms with Crippen LogP contribution in [0.1, 0.15) is 0 Å². The predicted molar refractivity (Wildman–Crippen MR) is 225 cm³/mol. The summed E-state index contributed by atoms with van der Waals surface area (Å²) < 4.78 is 2.60. The Hall–Kier alpha value is -6.48. The maximum absolute atomic E-state index is 2.39. The van der Waals surface area contributed by atoms with Crippen molar-refractivity contribution in [1.82, 2.24) is 0 Å². The molecule has 9 aromatic carbocycles. The van der Waals surface area contributed by atoms with Crippen LogP contribution in [0.3, 0.4) is 0 Å². The molecule has 10 aromatic rings. The Morgan fingerprint density at radius 2 is 0.827 bits per heavy atom. The number of hydrogen-bond donors (Lipinski definition) is 0. The molecule has 1 heterocycles. The molecule has 52 heavy (non-hydrogen) atoms. The minimum absolute atomic E-state index is 1.12. The number of thiophene rings is 1. The molecule has 1 nitrogen and oxygen atoms in total. The van der Waals surface area contributed by atoms with E-state index in [0.29, 0.717) is 0 Å². The maximum Gasteiger partial charge on any atom is 0.0476 e. The summed E-state index contributed by atoms with van der Waals surface area (Å²) >= 11 is 1.86. The minimum atomic E-state index is 1.12. The molecule has 0 aliphatic carbocycles. The van der Waals surface area contributed by atoms with Crippen LogP contribution in [0, 0.1) is 0 Å². The normalized spacial score (nSPS) is 11.5. The van der Waals surface area contributed by atoms with Crippen LogP contribution in [0.15, 0.2) is 200 Å². The van der Waals surface area contributed by atoms with Gasteiger partial charge in [0.15, 0.2) is 0 Å². The average molecular weight is 680 g/mol. The Morgan fingerprint density at radius 1 is 0.288 bits per heavy atom. The van der Waals surface area contributed by atoms with Gasteiger partial charge in [0.1, 0.15) is 0 Å². The zero-order chi connectivity index (χ0) is 34.4. The maximum atomic E-state index is 2.39. The largest absolute Gasteiger partial charge is 0.310 e. The molecule has 0 aliphatic rings. The number of rotatable bonds is 6. The fourth-order valence-electron chi connectivity index (χ4n) is 7.70. The van der Waals surface area contributed by atoms with E-state index in [2.05, 4.69) is 205 Å². The van der Waals surface area contributed by atoms with Gasteiger partial charge < -0.3 is 4.90 Å². The highest BCUT2D eigenvalue weighted by Gasteiger charge is 2.16. The van der Waals surface area contributed by atoms with Crippen LogP contribution in [-0.2, 0) is 0 Å².